The Morgan fingerprint density at radius 1 is 1.58 bits per heavy atom. The maximum atomic E-state index is 11.2. The van der Waals surface area contributed by atoms with Gasteiger partial charge in [0.25, 0.3) is 5.69 Å². The highest BCUT2D eigenvalue weighted by Gasteiger charge is 2.18. The number of nitro groups is 1. The molecule has 1 rings (SSSR count). The summed E-state index contributed by atoms with van der Waals surface area (Å²) in [7, 11) is 1.15. The van der Waals surface area contributed by atoms with E-state index in [0.717, 1.165) is 7.11 Å². The Bertz CT molecular complexity index is 530. The van der Waals surface area contributed by atoms with Gasteiger partial charge >= 0.3 is 5.97 Å². The number of hydrogen-bond acceptors (Lipinski definition) is 6. The van der Waals surface area contributed by atoms with Crippen molar-refractivity contribution in [3.63, 3.8) is 0 Å². The van der Waals surface area contributed by atoms with Gasteiger partial charge in [-0.1, -0.05) is 22.8 Å². The Morgan fingerprint density at radius 2 is 2.26 bits per heavy atom. The summed E-state index contributed by atoms with van der Waals surface area (Å²) in [5, 5.41) is 22.6. The van der Waals surface area contributed by atoms with Crippen molar-refractivity contribution in [3.8, 4) is 0 Å². The molecule has 0 unspecified atom stereocenters. The Morgan fingerprint density at radius 3 is 2.79 bits per heavy atom. The van der Waals surface area contributed by atoms with Crippen molar-refractivity contribution in [2.24, 2.45) is 5.16 Å². The van der Waals surface area contributed by atoms with Crippen molar-refractivity contribution < 1.29 is 19.7 Å². The summed E-state index contributed by atoms with van der Waals surface area (Å²) in [6, 6.07) is 4.23. The number of oxime groups is 1. The van der Waals surface area contributed by atoms with E-state index in [1.807, 2.05) is 0 Å². The van der Waals surface area contributed by atoms with Crippen molar-refractivity contribution in [3.05, 3.63) is 38.9 Å². The smallest absolute Gasteiger partial charge is 0.355 e. The van der Waals surface area contributed by atoms with Gasteiger partial charge in [-0.15, -0.1) is 0 Å². The normalized spacial score (nSPS) is 11.2. The summed E-state index contributed by atoms with van der Waals surface area (Å²) in [5.41, 5.74) is 0.0425. The van der Waals surface area contributed by atoms with Gasteiger partial charge in [-0.05, 0) is 12.5 Å². The molecule has 0 aromatic heterocycles. The van der Waals surface area contributed by atoms with Gasteiger partial charge in [0.05, 0.1) is 12.0 Å². The number of carbonyl (C=O) groups excluding carboxylic acids is 1. The highest BCUT2D eigenvalue weighted by atomic mass is 35.5. The summed E-state index contributed by atoms with van der Waals surface area (Å²) in [4.78, 5) is 21.5. The second-order valence-electron chi connectivity index (χ2n) is 3.57. The molecule has 0 aliphatic carbocycles. The van der Waals surface area contributed by atoms with Gasteiger partial charge < -0.3 is 9.94 Å². The molecular weight excluding hydrogens is 276 g/mol. The number of carbonyl (C=O) groups is 1. The molecule has 8 heteroatoms. The van der Waals surface area contributed by atoms with Crippen LogP contribution in [0, 0.1) is 10.1 Å². The summed E-state index contributed by atoms with van der Waals surface area (Å²) in [6.45, 7) is 0. The minimum atomic E-state index is -0.779. The van der Waals surface area contributed by atoms with Gasteiger partial charge in [0.1, 0.15) is 0 Å². The first kappa shape index (κ1) is 14.9. The first-order valence-corrected chi connectivity index (χ1v) is 5.59. The lowest BCUT2D eigenvalue weighted by atomic mass is 10.1. The van der Waals surface area contributed by atoms with Gasteiger partial charge in [0, 0.05) is 23.1 Å². The first-order chi connectivity index (χ1) is 8.99. The topological polar surface area (TPSA) is 102 Å². The lowest BCUT2D eigenvalue weighted by Crippen LogP contribution is -2.16. The van der Waals surface area contributed by atoms with Crippen LogP contribution in [0.2, 0.25) is 5.02 Å². The molecule has 1 aromatic carbocycles. The van der Waals surface area contributed by atoms with E-state index in [1.165, 1.54) is 18.2 Å². The van der Waals surface area contributed by atoms with Crippen LogP contribution in [0.25, 0.3) is 0 Å². The number of aryl methyl sites for hydroxylation is 1. The Kier molecular flexibility index (Phi) is 5.25. The fourth-order valence-corrected chi connectivity index (χ4v) is 1.65. The third-order valence-corrected chi connectivity index (χ3v) is 2.65. The number of nitrogens with zero attached hydrogens (tertiary/aromatic N) is 2. The molecule has 0 bridgehead atoms. The second-order valence-corrected chi connectivity index (χ2v) is 4.00. The van der Waals surface area contributed by atoms with Gasteiger partial charge in [0.15, 0.2) is 5.71 Å². The largest absolute Gasteiger partial charge is 0.464 e. The molecule has 1 N–H and O–H groups in total. The summed E-state index contributed by atoms with van der Waals surface area (Å²) >= 11 is 5.68. The zero-order valence-corrected chi connectivity index (χ0v) is 10.8. The molecule has 0 fully saturated rings. The van der Waals surface area contributed by atoms with Gasteiger partial charge in [0.2, 0.25) is 0 Å². The maximum absolute atomic E-state index is 11.2. The number of ether oxygens (including phenoxy) is 1. The summed E-state index contributed by atoms with van der Waals surface area (Å²) in [6.07, 6.45) is 0.174. The van der Waals surface area contributed by atoms with Crippen LogP contribution in [0.3, 0.4) is 0 Å². The van der Waals surface area contributed by atoms with Crippen molar-refractivity contribution >= 4 is 29.0 Å². The van der Waals surface area contributed by atoms with E-state index < -0.39 is 10.9 Å². The first-order valence-electron chi connectivity index (χ1n) is 5.21. The Balaban J connectivity index is 2.89. The molecular formula is C11H11ClN2O5. The molecule has 0 atom stereocenters. The number of esters is 1. The Labute approximate surface area is 113 Å². The molecule has 102 valence electrons. The SMILES string of the molecule is COC(=O)/C(CCc1ccc(Cl)cc1[N+](=O)[O-])=N\O. The molecule has 0 saturated heterocycles. The molecule has 7 nitrogen and oxygen atoms in total. The van der Waals surface area contributed by atoms with Gasteiger partial charge in [-0.3, -0.25) is 10.1 Å². The van der Waals surface area contributed by atoms with Crippen LogP contribution in [0.4, 0.5) is 5.69 Å². The van der Waals surface area contributed by atoms with E-state index in [2.05, 4.69) is 9.89 Å². The van der Waals surface area contributed by atoms with Crippen LogP contribution in [-0.4, -0.2) is 28.9 Å². The van der Waals surface area contributed by atoms with Crippen molar-refractivity contribution in [1.82, 2.24) is 0 Å². The fraction of sp³-hybridized carbons (Fsp3) is 0.273. The average Bonchev–Trinajstić information content (AvgIpc) is 2.40. The lowest BCUT2D eigenvalue weighted by Gasteiger charge is -2.04. The summed E-state index contributed by atoms with van der Waals surface area (Å²) < 4.78 is 4.40. The number of halogens is 1. The second kappa shape index (κ2) is 6.69. The van der Waals surface area contributed by atoms with E-state index in [0.29, 0.717) is 5.56 Å². The third-order valence-electron chi connectivity index (χ3n) is 2.42. The van der Waals surface area contributed by atoms with E-state index in [1.54, 1.807) is 0 Å². The number of benzene rings is 1. The Hall–Kier alpha value is -2.15. The quantitative estimate of drug-likeness (QED) is 0.294. The molecule has 0 aliphatic heterocycles. The van der Waals surface area contributed by atoms with Crippen LogP contribution >= 0.6 is 11.6 Å². The average molecular weight is 287 g/mol. The monoisotopic (exact) mass is 286 g/mol. The minimum absolute atomic E-state index is 0.0195. The molecule has 1 aromatic rings. The predicted molar refractivity (Wildman–Crippen MR) is 67.7 cm³/mol. The van der Waals surface area contributed by atoms with Crippen LogP contribution < -0.4 is 0 Å². The minimum Gasteiger partial charge on any atom is -0.464 e. The van der Waals surface area contributed by atoms with E-state index in [4.69, 9.17) is 16.8 Å². The number of methoxy groups -OCH3 is 1. The molecule has 19 heavy (non-hydrogen) atoms. The van der Waals surface area contributed by atoms with Crippen molar-refractivity contribution in [2.75, 3.05) is 7.11 Å². The molecule has 0 heterocycles. The highest BCUT2D eigenvalue weighted by molar-refractivity contribution is 6.36. The predicted octanol–water partition coefficient (Wildman–Crippen LogP) is 2.18. The van der Waals surface area contributed by atoms with Gasteiger partial charge in [-0.2, -0.15) is 0 Å². The summed E-state index contributed by atoms with van der Waals surface area (Å²) in [5.74, 6) is -0.779. The van der Waals surface area contributed by atoms with Crippen molar-refractivity contribution in [1.29, 1.82) is 0 Å². The van der Waals surface area contributed by atoms with Crippen LogP contribution in [0.5, 0.6) is 0 Å². The van der Waals surface area contributed by atoms with Crippen molar-refractivity contribution in [2.45, 2.75) is 12.8 Å². The van der Waals surface area contributed by atoms with Gasteiger partial charge in [-0.25, -0.2) is 4.79 Å². The molecule has 0 saturated carbocycles. The fourth-order valence-electron chi connectivity index (χ4n) is 1.48. The number of nitro benzene ring substituents is 1. The standard InChI is InChI=1S/C11H11ClN2O5/c1-19-11(15)9(13-16)5-3-7-2-4-8(12)6-10(7)14(17)18/h2,4,6,16H,3,5H2,1H3/b13-9-. The third kappa shape index (κ3) is 3.92. The van der Waals surface area contributed by atoms with E-state index >= 15 is 0 Å². The van der Waals surface area contributed by atoms with Crippen LogP contribution in [0.1, 0.15) is 12.0 Å². The van der Waals surface area contributed by atoms with E-state index in [-0.39, 0.29) is 29.3 Å². The highest BCUT2D eigenvalue weighted by Crippen LogP contribution is 2.24. The van der Waals surface area contributed by atoms with Crippen LogP contribution in [0.15, 0.2) is 23.4 Å². The zero-order valence-electron chi connectivity index (χ0n) is 10.00. The lowest BCUT2D eigenvalue weighted by molar-refractivity contribution is -0.385. The molecule has 0 aliphatic rings. The number of hydrogen-bond donors (Lipinski definition) is 1. The molecule has 0 amide bonds. The van der Waals surface area contributed by atoms with Crippen LogP contribution in [-0.2, 0) is 16.0 Å². The molecule has 0 radical (unpaired) electrons. The maximum Gasteiger partial charge on any atom is 0.355 e. The number of rotatable bonds is 5. The molecule has 0 spiro atoms. The zero-order chi connectivity index (χ0) is 14.4. The van der Waals surface area contributed by atoms with E-state index in [9.17, 15) is 14.9 Å².